The van der Waals surface area contributed by atoms with Crippen LogP contribution in [0.15, 0.2) is 211 Å². The summed E-state index contributed by atoms with van der Waals surface area (Å²) >= 11 is 35.3. The molecule has 0 aliphatic heterocycles. The van der Waals surface area contributed by atoms with Gasteiger partial charge in [0.25, 0.3) is 0 Å². The van der Waals surface area contributed by atoms with Crippen LogP contribution in [0.2, 0.25) is 36.3 Å². The summed E-state index contributed by atoms with van der Waals surface area (Å²) in [5.41, 5.74) is 0. The molecule has 672 valence electrons. The van der Waals surface area contributed by atoms with Crippen LogP contribution < -0.4 is 0 Å². The van der Waals surface area contributed by atoms with Gasteiger partial charge in [0.15, 0.2) is 29.4 Å². The molecule has 0 spiro atoms. The van der Waals surface area contributed by atoms with E-state index in [2.05, 4.69) is 199 Å². The van der Waals surface area contributed by atoms with Crippen LogP contribution in [0.1, 0.15) is 122 Å². The van der Waals surface area contributed by atoms with Crippen LogP contribution in [0.3, 0.4) is 0 Å². The quantitative estimate of drug-likeness (QED) is 0.0117. The second kappa shape index (κ2) is 73.7. The fraction of sp³-hybridized carbons (Fsp3) is 0.566. The Hall–Kier alpha value is -0.219. The minimum absolute atomic E-state index is 0.0604. The minimum Gasteiger partial charge on any atom is -0.400 e. The maximum atomic E-state index is 5.98. The normalized spacial score (nSPS) is 11.9. The van der Waals surface area contributed by atoms with Crippen LogP contribution in [-0.2, 0) is 144 Å². The Morgan fingerprint density at radius 1 is 0.254 bits per heavy atom. The van der Waals surface area contributed by atoms with Crippen LogP contribution in [0, 0.1) is 0 Å². The van der Waals surface area contributed by atoms with Gasteiger partial charge in [0.2, 0.25) is 0 Å². The van der Waals surface area contributed by atoms with Gasteiger partial charge < -0.3 is 22.1 Å². The molecule has 0 atom stereocenters. The van der Waals surface area contributed by atoms with Gasteiger partial charge >= 0.3 is 47.7 Å². The van der Waals surface area contributed by atoms with E-state index in [-0.39, 0.29) is 32.7 Å². The Labute approximate surface area is 764 Å². The number of hydrogen-bond acceptors (Lipinski definition) is 17. The summed E-state index contributed by atoms with van der Waals surface area (Å²) in [4.78, 5) is 38.7. The van der Waals surface area contributed by atoms with E-state index in [1.165, 1.54) is 81.8 Å². The molecule has 6 aromatic carbocycles. The first kappa shape index (κ1) is 116. The van der Waals surface area contributed by atoms with Crippen molar-refractivity contribution in [3.05, 3.63) is 182 Å². The van der Waals surface area contributed by atoms with Crippen LogP contribution in [0.5, 0.6) is 0 Å². The fourth-order valence-corrected chi connectivity index (χ4v) is 33.7. The lowest BCUT2D eigenvalue weighted by atomic mass is 10.4. The van der Waals surface area contributed by atoms with Crippen molar-refractivity contribution >= 4 is 180 Å². The molecule has 0 aromatic heterocycles. The number of benzene rings is 6. The fourth-order valence-electron chi connectivity index (χ4n) is 10.9. The van der Waals surface area contributed by atoms with Crippen LogP contribution in [0.4, 0.5) is 0 Å². The highest BCUT2D eigenvalue weighted by Crippen LogP contribution is 2.33. The second-order valence-electron chi connectivity index (χ2n) is 25.2. The Morgan fingerprint density at radius 3 is 0.644 bits per heavy atom. The highest BCUT2D eigenvalue weighted by Gasteiger charge is 2.49. The van der Waals surface area contributed by atoms with Crippen molar-refractivity contribution in [1.82, 2.24) is 0 Å². The van der Waals surface area contributed by atoms with E-state index in [1.54, 1.807) is 35.5 Å². The van der Waals surface area contributed by atoms with E-state index < -0.39 is 47.7 Å². The zero-order chi connectivity index (χ0) is 87.5. The Kier molecular flexibility index (Phi) is 72.3. The van der Waals surface area contributed by atoms with Crippen molar-refractivity contribution in [3.8, 4) is 0 Å². The maximum Gasteiger partial charge on any atom is 0.584 e. The van der Waals surface area contributed by atoms with Crippen LogP contribution >= 0.6 is 66.5 Å². The minimum atomic E-state index is -3.29. The molecule has 0 radical (unpaired) electrons. The molecular formula is C83H142Cl6O17S6Si6+6. The third-order valence-corrected chi connectivity index (χ3v) is 45.9. The first-order chi connectivity index (χ1) is 57.0. The molecule has 6 aromatic rings. The van der Waals surface area contributed by atoms with Crippen LogP contribution in [-0.4, -0.2) is 192 Å². The molecule has 6 rings (SSSR count). The van der Waals surface area contributed by atoms with E-state index >= 15 is 0 Å². The molecule has 17 nitrogen and oxygen atoms in total. The van der Waals surface area contributed by atoms with Gasteiger partial charge in [-0.3, -0.25) is 0 Å². The second-order valence-corrected chi connectivity index (χ2v) is 68.8. The van der Waals surface area contributed by atoms with E-state index in [9.17, 15) is 0 Å². The third kappa shape index (κ3) is 54.2. The van der Waals surface area contributed by atoms with E-state index in [4.69, 9.17) is 145 Å². The van der Waals surface area contributed by atoms with Gasteiger partial charge in [-0.2, -0.15) is 0 Å². The summed E-state index contributed by atoms with van der Waals surface area (Å²) in [5, 5.41) is 0. The lowest BCUT2D eigenvalue weighted by molar-refractivity contribution is -0.360. The van der Waals surface area contributed by atoms with E-state index in [0.717, 1.165) is 79.3 Å². The van der Waals surface area contributed by atoms with Crippen LogP contribution in [0.25, 0.3) is 0 Å². The molecule has 35 heteroatoms. The van der Waals surface area contributed by atoms with Crippen molar-refractivity contribution in [3.63, 3.8) is 0 Å². The van der Waals surface area contributed by atoms with Gasteiger partial charge in [0, 0.05) is 53.7 Å². The molecule has 0 saturated carbocycles. The lowest BCUT2D eigenvalue weighted by Crippen LogP contribution is -2.46. The molecule has 0 aliphatic carbocycles. The number of hydrogen-bond donors (Lipinski definition) is 0. The maximum absolute atomic E-state index is 5.98. The Bertz CT molecular complexity index is 3020. The summed E-state index contributed by atoms with van der Waals surface area (Å²) < 4.78 is 59.8. The lowest BCUT2D eigenvalue weighted by Gasteiger charge is -2.25. The Balaban J connectivity index is 0.000000725. The van der Waals surface area contributed by atoms with Crippen molar-refractivity contribution < 1.29 is 78.9 Å². The van der Waals surface area contributed by atoms with Crippen molar-refractivity contribution in [2.24, 2.45) is 0 Å². The number of halogens is 6. The summed E-state index contributed by atoms with van der Waals surface area (Å²) in [6.07, 6.45) is 6.07. The van der Waals surface area contributed by atoms with Gasteiger partial charge in [-0.25, -0.2) is 56.8 Å². The van der Waals surface area contributed by atoms with Gasteiger partial charge in [-0.05, 0) is 245 Å². The average molecular weight is 1990 g/mol. The monoisotopic (exact) mass is 1980 g/mol. The largest absolute Gasteiger partial charge is 0.584 e. The SMILES string of the molecule is CCOO[Si](CCC[S+](CC)CC)(OOCC)OOCC.CCOO[Si](CCC[S+](c1ccccc1)c1ccccc1)(OOCC)OOCC.CC[S+](CC)CCC[SiH](OC)OC.CC[S+](CC)CCC[Si](Cl)(Cl)Cl.CO[Si](CCC[S+](c1ccccc1)c1ccccc1)(OC)OC.Cl[Si](Cl)(Cl)CCC[S+](c1ccccc1)c1ccccc1. The average Bonchev–Trinajstić information content (AvgIpc) is 0.867. The molecule has 0 heterocycles. The van der Waals surface area contributed by atoms with Crippen molar-refractivity contribution in [1.29, 1.82) is 0 Å². The third-order valence-electron chi connectivity index (χ3n) is 17.1. The molecule has 0 saturated heterocycles. The summed E-state index contributed by atoms with van der Waals surface area (Å²) in [7, 11) is 0.119. The molecular weight excluding hydrogens is 1840 g/mol. The van der Waals surface area contributed by atoms with Crippen molar-refractivity contribution in [2.45, 2.75) is 187 Å². The predicted octanol–water partition coefficient (Wildman–Crippen LogP) is 22.8. The van der Waals surface area contributed by atoms with Gasteiger partial charge in [0.05, 0.1) is 72.3 Å². The standard InChI is InChI=1S/C21H31O6SSi.C18H25O3SSi.C15H16Cl3SSi.C13H31O6SSi.C9H23O2SSi.C7H16Cl3SSi/c1-4-22-25-29(26-23-5-2,27-24-6-3)19-13-18-28(20-14-9-7-10-15-20)21-16-11-8-12-17-21;1-19-23(20-2,21-3)16-10-15-22(17-11-6-4-7-12-17)18-13-8-5-9-14-18;16-20(17,18)13-7-12-19(14-8-3-1-4-9-14)15-10-5-2-6-11-15;1-6-14-17-21(18-15-7-2,19-16-8-3)13-11-12-20(9-4)10-5;1-5-12(6-2)8-7-9-13(10-3)11-4;1-3-11(4-2)6-5-7-12(8,9)10/h7-12,14-17H,4-6,13,18-19H2,1-3H3;4-9,11-14H,10,15-16H2,1-3H3;1-6,8-11H,7,12-13H2;6-13H2,1-5H3;13H,5-9H2,1-4H3;3-7H2,1-2H3/q6*+1. The van der Waals surface area contributed by atoms with Gasteiger partial charge in [-0.15, -0.1) is 66.5 Å². The molecule has 118 heavy (non-hydrogen) atoms. The molecule has 0 bridgehead atoms. The highest BCUT2D eigenvalue weighted by atomic mass is 35.8. The van der Waals surface area contributed by atoms with E-state index in [0.29, 0.717) is 84.4 Å². The molecule has 0 fully saturated rings. The predicted molar refractivity (Wildman–Crippen MR) is 524 cm³/mol. The first-order valence-electron chi connectivity index (χ1n) is 41.0. The van der Waals surface area contributed by atoms with Gasteiger partial charge in [-0.1, -0.05) is 109 Å². The van der Waals surface area contributed by atoms with Gasteiger partial charge in [0.1, 0.15) is 69.0 Å². The smallest absolute Gasteiger partial charge is 0.400 e. The zero-order valence-corrected chi connectivity index (χ0v) is 88.9. The zero-order valence-electron chi connectivity index (χ0n) is 73.3. The number of rotatable bonds is 59. The molecule has 0 N–H and O–H groups in total. The Morgan fingerprint density at radius 2 is 0.449 bits per heavy atom. The van der Waals surface area contributed by atoms with E-state index in [1.807, 2.05) is 65.8 Å². The van der Waals surface area contributed by atoms with Crippen molar-refractivity contribution in [2.75, 3.05) is 144 Å². The first-order valence-corrected chi connectivity index (χ1v) is 68.4. The summed E-state index contributed by atoms with van der Waals surface area (Å²) in [5.74, 6) is 14.4. The summed E-state index contributed by atoms with van der Waals surface area (Å²) in [6, 6.07) is 63.5. The highest BCUT2D eigenvalue weighted by molar-refractivity contribution is 7.98. The molecule has 0 aliphatic rings. The molecule has 0 unspecified atom stereocenters. The topological polar surface area (TPSA) is 157 Å². The summed E-state index contributed by atoms with van der Waals surface area (Å²) in [6.45, 7) is 26.9. The molecule has 0 amide bonds.